The predicted molar refractivity (Wildman–Crippen MR) is 73.8 cm³/mol. The second-order valence-corrected chi connectivity index (χ2v) is 4.32. The molecule has 2 aromatic rings. The molecule has 0 aliphatic heterocycles. The lowest BCUT2D eigenvalue weighted by molar-refractivity contribution is -0.808. The zero-order valence-corrected chi connectivity index (χ0v) is 11.6. The molecule has 2 N–H and O–H groups in total. The van der Waals surface area contributed by atoms with Gasteiger partial charge < -0.3 is 15.7 Å². The van der Waals surface area contributed by atoms with E-state index >= 15 is 0 Å². The summed E-state index contributed by atoms with van der Waals surface area (Å²) in [4.78, 5) is 11.4. The molecule has 0 unspecified atom stereocenters. The highest BCUT2D eigenvalue weighted by atomic mass is 16.8. The number of nitriles is 1. The van der Waals surface area contributed by atoms with E-state index in [0.29, 0.717) is 17.0 Å². The number of benzene rings is 1. The number of carbonyl (C=O) groups excluding carboxylic acids is 1. The fourth-order valence-electron chi connectivity index (χ4n) is 1.68. The lowest BCUT2D eigenvalue weighted by Gasteiger charge is -2.07. The van der Waals surface area contributed by atoms with E-state index in [4.69, 9.17) is 15.7 Å². The summed E-state index contributed by atoms with van der Waals surface area (Å²) in [5.41, 5.74) is 6.04. The molecule has 0 fully saturated rings. The van der Waals surface area contributed by atoms with Gasteiger partial charge in [-0.15, -0.1) is 0 Å². The van der Waals surface area contributed by atoms with Gasteiger partial charge in [0.15, 0.2) is 6.61 Å². The highest BCUT2D eigenvalue weighted by molar-refractivity contribution is 6.00. The van der Waals surface area contributed by atoms with E-state index in [1.165, 1.54) is 6.08 Å². The molecule has 8 heteroatoms. The number of para-hydroxylation sites is 1. The van der Waals surface area contributed by atoms with Crippen molar-refractivity contribution in [2.45, 2.75) is 13.5 Å². The maximum Gasteiger partial charge on any atom is 0.259 e. The Morgan fingerprint density at radius 3 is 2.91 bits per heavy atom. The second kappa shape index (κ2) is 6.41. The molecule has 0 radical (unpaired) electrons. The summed E-state index contributed by atoms with van der Waals surface area (Å²) in [6, 6.07) is 8.44. The molecule has 1 aromatic carbocycles. The van der Waals surface area contributed by atoms with Crippen LogP contribution in [0.15, 0.2) is 34.5 Å². The van der Waals surface area contributed by atoms with Crippen molar-refractivity contribution < 1.29 is 19.1 Å². The lowest BCUT2D eigenvalue weighted by atomic mass is 10.1. The van der Waals surface area contributed by atoms with Crippen LogP contribution in [0.25, 0.3) is 6.08 Å². The Morgan fingerprint density at radius 1 is 1.59 bits per heavy atom. The third-order valence-corrected chi connectivity index (χ3v) is 2.86. The van der Waals surface area contributed by atoms with Crippen LogP contribution in [0.3, 0.4) is 0 Å². The van der Waals surface area contributed by atoms with Gasteiger partial charge in [0.2, 0.25) is 11.4 Å². The number of nitrogens with two attached hydrogens (primary N) is 1. The summed E-state index contributed by atoms with van der Waals surface area (Å²) in [7, 11) is 0. The number of carbonyl (C=O) groups is 1. The first-order valence-corrected chi connectivity index (χ1v) is 6.21. The maximum absolute atomic E-state index is 11.4. The van der Waals surface area contributed by atoms with Gasteiger partial charge in [0.05, 0.1) is 0 Å². The van der Waals surface area contributed by atoms with Crippen molar-refractivity contribution >= 4 is 12.0 Å². The fraction of sp³-hybridized carbons (Fsp3) is 0.143. The number of ether oxygens (including phenoxy) is 1. The normalized spacial score (nSPS) is 11.0. The minimum Gasteiger partial charge on any atom is -0.484 e. The van der Waals surface area contributed by atoms with E-state index in [-0.39, 0.29) is 22.8 Å². The quantitative estimate of drug-likeness (QED) is 0.488. The van der Waals surface area contributed by atoms with Gasteiger partial charge in [-0.2, -0.15) is 5.26 Å². The van der Waals surface area contributed by atoms with Crippen molar-refractivity contribution in [3.05, 3.63) is 52.0 Å². The highest BCUT2D eigenvalue weighted by Gasteiger charge is 2.16. The van der Waals surface area contributed by atoms with Crippen LogP contribution in [-0.2, 0) is 11.4 Å². The lowest BCUT2D eigenvalue weighted by Crippen LogP contribution is -2.29. The molecule has 1 amide bonds. The van der Waals surface area contributed by atoms with Gasteiger partial charge >= 0.3 is 0 Å². The van der Waals surface area contributed by atoms with Crippen LogP contribution >= 0.6 is 0 Å². The third kappa shape index (κ3) is 3.21. The molecule has 112 valence electrons. The van der Waals surface area contributed by atoms with Crippen LogP contribution in [0.5, 0.6) is 5.75 Å². The van der Waals surface area contributed by atoms with Crippen molar-refractivity contribution in [2.24, 2.45) is 5.73 Å². The summed E-state index contributed by atoms with van der Waals surface area (Å²) in [5.74, 6) is -0.443. The zero-order valence-electron chi connectivity index (χ0n) is 11.6. The standard InChI is InChI=1S/C14H12N4O4/c1-9-12(18(20)22-17-9)8-21-13-5-3-2-4-10(13)6-11(7-15)14(16)19/h2-6H,8H2,1H3,(H2,16,19)/b11-6+. The van der Waals surface area contributed by atoms with Crippen LogP contribution < -0.4 is 15.4 Å². The van der Waals surface area contributed by atoms with Gasteiger partial charge in [0, 0.05) is 17.6 Å². The first kappa shape index (κ1) is 15.1. The van der Waals surface area contributed by atoms with E-state index in [9.17, 15) is 10.0 Å². The fourth-order valence-corrected chi connectivity index (χ4v) is 1.68. The average molecular weight is 300 g/mol. The Kier molecular flexibility index (Phi) is 4.38. The Balaban J connectivity index is 2.26. The summed E-state index contributed by atoms with van der Waals surface area (Å²) >= 11 is 0. The number of amides is 1. The minimum absolute atomic E-state index is 0.0673. The van der Waals surface area contributed by atoms with Crippen molar-refractivity contribution in [1.82, 2.24) is 5.16 Å². The molecule has 0 bridgehead atoms. The molecule has 0 atom stereocenters. The predicted octanol–water partition coefficient (Wildman–Crippen LogP) is 0.588. The number of aryl methyl sites for hydroxylation is 1. The molecule has 0 saturated heterocycles. The number of nitrogens with zero attached hydrogens (tertiary/aromatic N) is 3. The monoisotopic (exact) mass is 300 g/mol. The highest BCUT2D eigenvalue weighted by Crippen LogP contribution is 2.22. The van der Waals surface area contributed by atoms with Crippen LogP contribution in [-0.4, -0.2) is 11.1 Å². The molecule has 0 spiro atoms. The smallest absolute Gasteiger partial charge is 0.259 e. The molecule has 0 aliphatic rings. The van der Waals surface area contributed by atoms with Crippen molar-refractivity contribution in [2.75, 3.05) is 0 Å². The third-order valence-electron chi connectivity index (χ3n) is 2.86. The first-order valence-electron chi connectivity index (χ1n) is 6.21. The maximum atomic E-state index is 11.4. The SMILES string of the molecule is Cc1no[n+]([O-])c1COc1ccccc1/C=C(\C#N)C(N)=O. The van der Waals surface area contributed by atoms with E-state index in [0.717, 1.165) is 0 Å². The van der Waals surface area contributed by atoms with Gasteiger partial charge in [-0.05, 0) is 17.0 Å². The summed E-state index contributed by atoms with van der Waals surface area (Å²) in [6.07, 6.45) is 1.32. The molecule has 22 heavy (non-hydrogen) atoms. The number of primary amides is 1. The Morgan fingerprint density at radius 2 is 2.32 bits per heavy atom. The van der Waals surface area contributed by atoms with Gasteiger partial charge in [-0.3, -0.25) is 9.42 Å². The van der Waals surface area contributed by atoms with E-state index in [1.807, 2.05) is 0 Å². The molecule has 8 nitrogen and oxygen atoms in total. The first-order chi connectivity index (χ1) is 10.5. The van der Waals surface area contributed by atoms with Gasteiger partial charge in [0.1, 0.15) is 17.4 Å². The number of aromatic nitrogens is 2. The Bertz CT molecular complexity index is 754. The number of hydrogen-bond acceptors (Lipinski definition) is 6. The summed E-state index contributed by atoms with van der Waals surface area (Å²) in [6.45, 7) is 1.55. The van der Waals surface area contributed by atoms with Crippen molar-refractivity contribution in [3.8, 4) is 11.8 Å². The number of rotatable bonds is 5. The van der Waals surface area contributed by atoms with E-state index < -0.39 is 5.91 Å². The second-order valence-electron chi connectivity index (χ2n) is 4.32. The van der Waals surface area contributed by atoms with E-state index in [1.54, 1.807) is 37.3 Å². The topological polar surface area (TPSA) is 129 Å². The van der Waals surface area contributed by atoms with Crippen molar-refractivity contribution in [3.63, 3.8) is 0 Å². The van der Waals surface area contributed by atoms with Crippen LogP contribution in [0.1, 0.15) is 17.0 Å². The average Bonchev–Trinajstić information content (AvgIpc) is 2.82. The van der Waals surface area contributed by atoms with Gasteiger partial charge in [-0.25, -0.2) is 0 Å². The van der Waals surface area contributed by atoms with Crippen LogP contribution in [0, 0.1) is 23.5 Å². The van der Waals surface area contributed by atoms with E-state index in [2.05, 4.69) is 9.79 Å². The Hall–Kier alpha value is -3.34. The molecule has 0 saturated carbocycles. The molecular formula is C14H12N4O4. The molecule has 1 aromatic heterocycles. The van der Waals surface area contributed by atoms with Crippen LogP contribution in [0.2, 0.25) is 0 Å². The minimum atomic E-state index is -0.829. The molecule has 2 rings (SSSR count). The zero-order chi connectivity index (χ0) is 16.1. The largest absolute Gasteiger partial charge is 0.484 e. The van der Waals surface area contributed by atoms with Crippen LogP contribution in [0.4, 0.5) is 0 Å². The van der Waals surface area contributed by atoms with Gasteiger partial charge in [0.25, 0.3) is 5.91 Å². The molecule has 0 aliphatic carbocycles. The molecule has 1 heterocycles. The summed E-state index contributed by atoms with van der Waals surface area (Å²) < 4.78 is 9.98. The van der Waals surface area contributed by atoms with Crippen molar-refractivity contribution in [1.29, 1.82) is 5.26 Å². The Labute approximate surface area is 125 Å². The molecular weight excluding hydrogens is 288 g/mol. The number of hydrogen-bond donors (Lipinski definition) is 1. The summed E-state index contributed by atoms with van der Waals surface area (Å²) in [5, 5.41) is 23.7. The van der Waals surface area contributed by atoms with Gasteiger partial charge in [-0.1, -0.05) is 18.2 Å².